The molecule has 0 spiro atoms. The van der Waals surface area contributed by atoms with E-state index in [0.29, 0.717) is 5.92 Å². The van der Waals surface area contributed by atoms with E-state index in [1.807, 2.05) is 0 Å². The molecule has 1 aromatic rings. The molecule has 2 N–H and O–H groups in total. The summed E-state index contributed by atoms with van der Waals surface area (Å²) in [4.78, 5) is 24.9. The Morgan fingerprint density at radius 2 is 2.33 bits per heavy atom. The molecule has 0 saturated heterocycles. The molecule has 1 heterocycles. The average Bonchev–Trinajstić information content (AvgIpc) is 2.17. The second-order valence-corrected chi connectivity index (χ2v) is 4.16. The number of H-pyrrole nitrogens is 1. The fourth-order valence-corrected chi connectivity index (χ4v) is 2.12. The highest BCUT2D eigenvalue weighted by atomic mass is 16.4. The van der Waals surface area contributed by atoms with Gasteiger partial charge in [-0.15, -0.1) is 0 Å². The van der Waals surface area contributed by atoms with Crippen LogP contribution in [-0.2, 0) is 12.8 Å². The van der Waals surface area contributed by atoms with Crippen LogP contribution in [0.25, 0.3) is 0 Å². The summed E-state index contributed by atoms with van der Waals surface area (Å²) in [7, 11) is 0. The Balaban J connectivity index is 2.60. The van der Waals surface area contributed by atoms with Crippen molar-refractivity contribution in [3.63, 3.8) is 0 Å². The summed E-state index contributed by atoms with van der Waals surface area (Å²) in [6, 6.07) is 1.18. The van der Waals surface area contributed by atoms with Crippen LogP contribution in [0.1, 0.15) is 35.0 Å². The zero-order valence-electron chi connectivity index (χ0n) is 8.54. The van der Waals surface area contributed by atoms with Crippen LogP contribution in [0.15, 0.2) is 10.9 Å². The predicted molar refractivity (Wildman–Crippen MR) is 55.2 cm³/mol. The number of aromatic carboxylic acids is 1. The van der Waals surface area contributed by atoms with Crippen LogP contribution in [0.5, 0.6) is 0 Å². The highest BCUT2D eigenvalue weighted by molar-refractivity contribution is 5.89. The quantitative estimate of drug-likeness (QED) is 0.726. The number of pyridine rings is 1. The van der Waals surface area contributed by atoms with Crippen LogP contribution in [0.3, 0.4) is 0 Å². The van der Waals surface area contributed by atoms with E-state index in [4.69, 9.17) is 5.11 Å². The maximum atomic E-state index is 11.2. The van der Waals surface area contributed by atoms with E-state index in [2.05, 4.69) is 11.9 Å². The van der Waals surface area contributed by atoms with Crippen molar-refractivity contribution >= 4 is 5.97 Å². The number of carboxylic acid groups (broad SMARTS) is 1. The molecule has 0 amide bonds. The number of fused-ring (bicyclic) bond motifs is 1. The van der Waals surface area contributed by atoms with Crippen LogP contribution in [0.4, 0.5) is 0 Å². The van der Waals surface area contributed by atoms with E-state index in [9.17, 15) is 9.59 Å². The number of hydrogen-bond donors (Lipinski definition) is 2. The zero-order chi connectivity index (χ0) is 11.0. The molecule has 1 unspecified atom stereocenters. The second kappa shape index (κ2) is 3.53. The molecule has 0 aliphatic heterocycles. The molecule has 0 bridgehead atoms. The van der Waals surface area contributed by atoms with Gasteiger partial charge in [-0.05, 0) is 30.7 Å². The van der Waals surface area contributed by atoms with E-state index < -0.39 is 5.97 Å². The lowest BCUT2D eigenvalue weighted by atomic mass is 9.85. The second-order valence-electron chi connectivity index (χ2n) is 4.16. The third-order valence-corrected chi connectivity index (χ3v) is 2.91. The number of nitrogens with one attached hydrogen (secondary N) is 1. The lowest BCUT2D eigenvalue weighted by Crippen LogP contribution is -2.22. The van der Waals surface area contributed by atoms with Gasteiger partial charge < -0.3 is 10.1 Å². The normalized spacial score (nSPS) is 19.7. The Kier molecular flexibility index (Phi) is 2.34. The highest BCUT2D eigenvalue weighted by Crippen LogP contribution is 2.25. The molecular weight excluding hydrogens is 194 g/mol. The van der Waals surface area contributed by atoms with Crippen molar-refractivity contribution in [2.24, 2.45) is 5.92 Å². The minimum Gasteiger partial charge on any atom is -0.478 e. The monoisotopic (exact) mass is 207 g/mol. The molecule has 80 valence electrons. The Morgan fingerprint density at radius 1 is 1.60 bits per heavy atom. The minimum absolute atomic E-state index is 0.167. The van der Waals surface area contributed by atoms with E-state index in [0.717, 1.165) is 30.5 Å². The molecule has 4 nitrogen and oxygen atoms in total. The van der Waals surface area contributed by atoms with Gasteiger partial charge in [-0.3, -0.25) is 4.79 Å². The van der Waals surface area contributed by atoms with Crippen LogP contribution in [0.2, 0.25) is 0 Å². The summed E-state index contributed by atoms with van der Waals surface area (Å²) in [6.45, 7) is 2.10. The fraction of sp³-hybridized carbons (Fsp3) is 0.455. The van der Waals surface area contributed by atoms with Crippen LogP contribution in [0, 0.1) is 5.92 Å². The van der Waals surface area contributed by atoms with Crippen LogP contribution < -0.4 is 5.56 Å². The molecule has 1 aliphatic carbocycles. The Hall–Kier alpha value is -1.58. The van der Waals surface area contributed by atoms with Gasteiger partial charge in [-0.2, -0.15) is 0 Å². The SMILES string of the molecule is CC1CCc2[nH]c(=O)cc(C(=O)O)c2C1. The summed E-state index contributed by atoms with van der Waals surface area (Å²) in [5.41, 5.74) is 1.46. The van der Waals surface area contributed by atoms with Gasteiger partial charge in [-0.1, -0.05) is 6.92 Å². The first-order valence-corrected chi connectivity index (χ1v) is 5.06. The molecule has 15 heavy (non-hydrogen) atoms. The maximum absolute atomic E-state index is 11.2. The zero-order valence-corrected chi connectivity index (χ0v) is 8.54. The highest BCUT2D eigenvalue weighted by Gasteiger charge is 2.22. The molecule has 0 fully saturated rings. The summed E-state index contributed by atoms with van der Waals surface area (Å²) < 4.78 is 0. The molecule has 0 radical (unpaired) electrons. The van der Waals surface area contributed by atoms with Crippen molar-refractivity contribution in [2.75, 3.05) is 0 Å². The van der Waals surface area contributed by atoms with Crippen LogP contribution in [-0.4, -0.2) is 16.1 Å². The number of aromatic nitrogens is 1. The number of aromatic amines is 1. The van der Waals surface area contributed by atoms with Gasteiger partial charge in [-0.25, -0.2) is 4.79 Å². The van der Waals surface area contributed by atoms with E-state index in [1.165, 1.54) is 6.07 Å². The van der Waals surface area contributed by atoms with Gasteiger partial charge in [0.2, 0.25) is 5.56 Å². The van der Waals surface area contributed by atoms with E-state index in [1.54, 1.807) is 0 Å². The molecular formula is C11H13NO3. The Morgan fingerprint density at radius 3 is 3.00 bits per heavy atom. The van der Waals surface area contributed by atoms with Crippen molar-refractivity contribution in [1.82, 2.24) is 4.98 Å². The van der Waals surface area contributed by atoms with Gasteiger partial charge in [0.1, 0.15) is 0 Å². The number of hydrogen-bond acceptors (Lipinski definition) is 2. The van der Waals surface area contributed by atoms with Gasteiger partial charge in [0, 0.05) is 11.8 Å². The smallest absolute Gasteiger partial charge is 0.336 e. The third-order valence-electron chi connectivity index (χ3n) is 2.91. The molecule has 2 rings (SSSR count). The van der Waals surface area contributed by atoms with Crippen molar-refractivity contribution in [3.05, 3.63) is 33.2 Å². The minimum atomic E-state index is -1.01. The first-order valence-electron chi connectivity index (χ1n) is 5.06. The Labute approximate surface area is 87.0 Å². The van der Waals surface area contributed by atoms with E-state index >= 15 is 0 Å². The number of rotatable bonds is 1. The maximum Gasteiger partial charge on any atom is 0.336 e. The Bertz CT molecular complexity index is 461. The van der Waals surface area contributed by atoms with Gasteiger partial charge in [0.05, 0.1) is 5.56 Å². The standard InChI is InChI=1S/C11H13NO3/c1-6-2-3-9-7(4-6)8(11(14)15)5-10(13)12-9/h5-6H,2-4H2,1H3,(H,12,13)(H,14,15). The molecule has 0 aromatic carbocycles. The lowest BCUT2D eigenvalue weighted by molar-refractivity contribution is 0.0694. The topological polar surface area (TPSA) is 70.2 Å². The van der Waals surface area contributed by atoms with Crippen LogP contribution >= 0.6 is 0 Å². The summed E-state index contributed by atoms with van der Waals surface area (Å²) in [5, 5.41) is 9.00. The predicted octanol–water partition coefficient (Wildman–Crippen LogP) is 1.20. The van der Waals surface area contributed by atoms with Gasteiger partial charge in [0.15, 0.2) is 0 Å². The molecule has 0 saturated carbocycles. The van der Waals surface area contributed by atoms with Crippen molar-refractivity contribution < 1.29 is 9.90 Å². The first-order chi connectivity index (χ1) is 7.08. The summed E-state index contributed by atoms with van der Waals surface area (Å²) in [6.07, 6.45) is 2.52. The largest absolute Gasteiger partial charge is 0.478 e. The molecule has 1 aromatic heterocycles. The molecule has 4 heteroatoms. The van der Waals surface area contributed by atoms with Crippen molar-refractivity contribution in [3.8, 4) is 0 Å². The van der Waals surface area contributed by atoms with Gasteiger partial charge in [0.25, 0.3) is 0 Å². The molecule has 1 atom stereocenters. The van der Waals surface area contributed by atoms with Crippen molar-refractivity contribution in [2.45, 2.75) is 26.2 Å². The van der Waals surface area contributed by atoms with Gasteiger partial charge >= 0.3 is 5.97 Å². The first kappa shape index (κ1) is 9.96. The third kappa shape index (κ3) is 1.79. The fourth-order valence-electron chi connectivity index (χ4n) is 2.12. The average molecular weight is 207 g/mol. The summed E-state index contributed by atoms with van der Waals surface area (Å²) in [5.74, 6) is -0.520. The van der Waals surface area contributed by atoms with E-state index in [-0.39, 0.29) is 11.1 Å². The summed E-state index contributed by atoms with van der Waals surface area (Å²) >= 11 is 0. The van der Waals surface area contributed by atoms with Crippen molar-refractivity contribution in [1.29, 1.82) is 0 Å². The molecule has 1 aliphatic rings. The number of carbonyl (C=O) groups is 1. The lowest BCUT2D eigenvalue weighted by Gasteiger charge is -2.22. The number of aryl methyl sites for hydroxylation is 1. The number of carboxylic acids is 1.